The lowest BCUT2D eigenvalue weighted by atomic mass is 9.99. The van der Waals surface area contributed by atoms with E-state index in [-0.39, 0.29) is 12.8 Å². The van der Waals surface area contributed by atoms with Gasteiger partial charge in [-0.15, -0.1) is 0 Å². The molecule has 1 fully saturated rings. The molecule has 0 aromatic carbocycles. The lowest BCUT2D eigenvalue weighted by Crippen LogP contribution is -2.60. The Morgan fingerprint density at radius 3 is 1.96 bits per heavy atom. The second-order valence-electron chi connectivity index (χ2n) is 12.2. The van der Waals surface area contributed by atoms with Gasteiger partial charge in [0.25, 0.3) is 0 Å². The van der Waals surface area contributed by atoms with E-state index in [4.69, 9.17) is 9.47 Å². The zero-order chi connectivity index (χ0) is 34.2. The maximum atomic E-state index is 12.9. The number of amides is 1. The Morgan fingerprint density at radius 1 is 0.739 bits per heavy atom. The van der Waals surface area contributed by atoms with Crippen LogP contribution in [-0.2, 0) is 14.3 Å². The first-order valence-electron chi connectivity index (χ1n) is 17.4. The van der Waals surface area contributed by atoms with Crippen LogP contribution in [0.3, 0.4) is 0 Å². The Bertz CT molecular complexity index is 851. The molecule has 1 aliphatic rings. The van der Waals surface area contributed by atoms with Gasteiger partial charge < -0.3 is 50.5 Å². The number of rotatable bonds is 26. The molecule has 0 radical (unpaired) electrons. The van der Waals surface area contributed by atoms with Crippen molar-refractivity contribution in [2.24, 2.45) is 0 Å². The number of ether oxygens (including phenoxy) is 2. The summed E-state index contributed by atoms with van der Waals surface area (Å²) >= 11 is 0. The van der Waals surface area contributed by atoms with Crippen molar-refractivity contribution in [1.29, 1.82) is 0 Å². The normalized spacial score (nSPS) is 24.9. The van der Waals surface area contributed by atoms with Gasteiger partial charge in [0.15, 0.2) is 6.29 Å². The number of nitrogens with one attached hydrogen (secondary N) is 1. The first-order chi connectivity index (χ1) is 22.2. The standard InChI is InChI=1S/C35H63NO10/c1-3-5-7-9-11-13-14-15-17-18-20-22-27(38)30(40)26(25-45-35-33(43)32(42)31(41)29(24-37)46-35)36-34(44)28(39)23-21-19-16-12-10-8-6-4-2/h9,11,15-17,19,26-33,35,37-43H,3-8,10,12-14,18,20-25H2,1-2H3,(H,36,44)/b11-9+,17-15+,19-16-. The van der Waals surface area contributed by atoms with E-state index in [1.807, 2.05) is 18.2 Å². The predicted molar refractivity (Wildman–Crippen MR) is 178 cm³/mol. The van der Waals surface area contributed by atoms with Gasteiger partial charge in [0.05, 0.1) is 25.4 Å². The molecule has 9 atom stereocenters. The largest absolute Gasteiger partial charge is 0.394 e. The third kappa shape index (κ3) is 17.5. The molecule has 1 amide bonds. The first kappa shape index (κ1) is 42.4. The van der Waals surface area contributed by atoms with E-state index in [0.717, 1.165) is 32.1 Å². The molecular weight excluding hydrogens is 594 g/mol. The van der Waals surface area contributed by atoms with Crippen molar-refractivity contribution in [3.8, 4) is 0 Å². The fourth-order valence-electron chi connectivity index (χ4n) is 5.09. The number of carbonyl (C=O) groups excluding carboxylic acids is 1. The number of aliphatic hydroxyl groups is 7. The van der Waals surface area contributed by atoms with E-state index < -0.39 is 74.2 Å². The highest BCUT2D eigenvalue weighted by atomic mass is 16.7. The highest BCUT2D eigenvalue weighted by molar-refractivity contribution is 5.80. The molecular formula is C35H63NO10. The van der Waals surface area contributed by atoms with Gasteiger partial charge in [-0.05, 0) is 64.2 Å². The number of unbranched alkanes of at least 4 members (excludes halogenated alkanes) is 8. The van der Waals surface area contributed by atoms with Crippen molar-refractivity contribution in [1.82, 2.24) is 5.32 Å². The summed E-state index contributed by atoms with van der Waals surface area (Å²) in [5.41, 5.74) is 0. The predicted octanol–water partition coefficient (Wildman–Crippen LogP) is 2.93. The summed E-state index contributed by atoms with van der Waals surface area (Å²) in [6.45, 7) is 3.23. The van der Waals surface area contributed by atoms with Crippen LogP contribution in [0.2, 0.25) is 0 Å². The Kier molecular flexibility index (Phi) is 24.2. The van der Waals surface area contributed by atoms with Crippen LogP contribution in [-0.4, -0.2) is 110 Å². The van der Waals surface area contributed by atoms with Gasteiger partial charge in [-0.25, -0.2) is 0 Å². The highest BCUT2D eigenvalue weighted by Gasteiger charge is 2.44. The van der Waals surface area contributed by atoms with E-state index in [9.17, 15) is 40.5 Å². The van der Waals surface area contributed by atoms with Crippen molar-refractivity contribution in [3.05, 3.63) is 36.5 Å². The van der Waals surface area contributed by atoms with Gasteiger partial charge in [0, 0.05) is 0 Å². The Balaban J connectivity index is 2.71. The van der Waals surface area contributed by atoms with Crippen LogP contribution in [0.4, 0.5) is 0 Å². The van der Waals surface area contributed by atoms with Crippen molar-refractivity contribution < 1.29 is 50.0 Å². The average molecular weight is 658 g/mol. The summed E-state index contributed by atoms with van der Waals surface area (Å²) < 4.78 is 10.9. The Labute approximate surface area is 276 Å². The van der Waals surface area contributed by atoms with Crippen LogP contribution in [0.5, 0.6) is 0 Å². The summed E-state index contributed by atoms with van der Waals surface area (Å²) in [6, 6.07) is -1.20. The topological polar surface area (TPSA) is 189 Å². The number of hydrogen-bond acceptors (Lipinski definition) is 10. The van der Waals surface area contributed by atoms with Gasteiger partial charge >= 0.3 is 0 Å². The summed E-state index contributed by atoms with van der Waals surface area (Å²) in [4.78, 5) is 12.9. The molecule has 8 N–H and O–H groups in total. The average Bonchev–Trinajstić information content (AvgIpc) is 3.05. The second kappa shape index (κ2) is 26.3. The molecule has 268 valence electrons. The van der Waals surface area contributed by atoms with Crippen LogP contribution < -0.4 is 5.32 Å². The van der Waals surface area contributed by atoms with Gasteiger partial charge in [0.1, 0.15) is 36.6 Å². The first-order valence-corrected chi connectivity index (χ1v) is 17.4. The molecule has 0 saturated carbocycles. The fraction of sp³-hybridized carbons (Fsp3) is 0.800. The number of hydrogen-bond donors (Lipinski definition) is 8. The van der Waals surface area contributed by atoms with Crippen molar-refractivity contribution in [2.75, 3.05) is 13.2 Å². The molecule has 1 saturated heterocycles. The smallest absolute Gasteiger partial charge is 0.249 e. The third-order valence-electron chi connectivity index (χ3n) is 8.15. The Hall–Kier alpha value is -1.67. The van der Waals surface area contributed by atoms with Crippen LogP contribution >= 0.6 is 0 Å². The van der Waals surface area contributed by atoms with E-state index >= 15 is 0 Å². The van der Waals surface area contributed by atoms with Crippen LogP contribution in [0.15, 0.2) is 36.5 Å². The number of aliphatic hydroxyl groups excluding tert-OH is 7. The summed E-state index contributed by atoms with van der Waals surface area (Å²) in [5.74, 6) is -0.753. The second-order valence-corrected chi connectivity index (χ2v) is 12.2. The zero-order valence-electron chi connectivity index (χ0n) is 28.0. The molecule has 0 spiro atoms. The molecule has 0 aliphatic carbocycles. The monoisotopic (exact) mass is 657 g/mol. The quantitative estimate of drug-likeness (QED) is 0.0507. The molecule has 1 aliphatic heterocycles. The van der Waals surface area contributed by atoms with E-state index in [0.29, 0.717) is 19.3 Å². The van der Waals surface area contributed by atoms with Crippen LogP contribution in [0.25, 0.3) is 0 Å². The minimum atomic E-state index is -1.67. The maximum Gasteiger partial charge on any atom is 0.249 e. The zero-order valence-corrected chi connectivity index (χ0v) is 28.0. The van der Waals surface area contributed by atoms with Crippen molar-refractivity contribution >= 4 is 5.91 Å². The Morgan fingerprint density at radius 2 is 1.33 bits per heavy atom. The molecule has 11 nitrogen and oxygen atoms in total. The van der Waals surface area contributed by atoms with Gasteiger partial charge in [-0.1, -0.05) is 82.4 Å². The minimum absolute atomic E-state index is 0.164. The van der Waals surface area contributed by atoms with Gasteiger partial charge in [-0.3, -0.25) is 4.79 Å². The third-order valence-corrected chi connectivity index (χ3v) is 8.15. The van der Waals surface area contributed by atoms with Crippen LogP contribution in [0.1, 0.15) is 110 Å². The van der Waals surface area contributed by atoms with E-state index in [1.54, 1.807) is 0 Å². The van der Waals surface area contributed by atoms with Crippen molar-refractivity contribution in [2.45, 2.75) is 165 Å². The highest BCUT2D eigenvalue weighted by Crippen LogP contribution is 2.22. The molecule has 0 bridgehead atoms. The maximum absolute atomic E-state index is 12.9. The van der Waals surface area contributed by atoms with Gasteiger partial charge in [-0.2, -0.15) is 0 Å². The molecule has 11 heteroatoms. The summed E-state index contributed by atoms with van der Waals surface area (Å²) in [6.07, 6.45) is 13.9. The van der Waals surface area contributed by atoms with E-state index in [1.165, 1.54) is 32.1 Å². The van der Waals surface area contributed by atoms with Gasteiger partial charge in [0.2, 0.25) is 5.91 Å². The summed E-state index contributed by atoms with van der Waals surface area (Å²) in [5, 5.41) is 74.7. The SMILES string of the molecule is CCCC/C=C/CC/C=C/CCCC(O)C(O)C(COC1OC(CO)C(O)C(O)C1O)NC(=O)C(O)CC/C=C\CCCCCC. The fourth-order valence-corrected chi connectivity index (χ4v) is 5.09. The molecule has 46 heavy (non-hydrogen) atoms. The molecule has 1 rings (SSSR count). The van der Waals surface area contributed by atoms with Crippen LogP contribution in [0, 0.1) is 0 Å². The molecule has 0 aromatic rings. The lowest BCUT2D eigenvalue weighted by Gasteiger charge is -2.40. The van der Waals surface area contributed by atoms with Crippen molar-refractivity contribution in [3.63, 3.8) is 0 Å². The summed E-state index contributed by atoms with van der Waals surface area (Å²) in [7, 11) is 0. The molecule has 0 aromatic heterocycles. The molecule has 9 unspecified atom stereocenters. The minimum Gasteiger partial charge on any atom is -0.394 e. The molecule has 1 heterocycles. The van der Waals surface area contributed by atoms with E-state index in [2.05, 4.69) is 37.4 Å². The lowest BCUT2D eigenvalue weighted by molar-refractivity contribution is -0.303. The number of carbonyl (C=O) groups is 1. The number of allylic oxidation sites excluding steroid dienone is 6.